The van der Waals surface area contributed by atoms with E-state index in [0.717, 1.165) is 19.1 Å². The van der Waals surface area contributed by atoms with Crippen LogP contribution in [0.5, 0.6) is 0 Å². The van der Waals surface area contributed by atoms with E-state index in [-0.39, 0.29) is 0 Å². The predicted molar refractivity (Wildman–Crippen MR) is 83.5 cm³/mol. The van der Waals surface area contributed by atoms with Crippen molar-refractivity contribution in [1.29, 1.82) is 0 Å². The lowest BCUT2D eigenvalue weighted by atomic mass is 10.1. The van der Waals surface area contributed by atoms with Crippen molar-refractivity contribution in [2.75, 3.05) is 18.1 Å². The van der Waals surface area contributed by atoms with Gasteiger partial charge in [-0.15, -0.1) is 0 Å². The van der Waals surface area contributed by atoms with Gasteiger partial charge in [-0.05, 0) is 30.9 Å². The first-order valence-electron chi connectivity index (χ1n) is 7.44. The molecule has 1 unspecified atom stereocenters. The number of hydrogen-bond acceptors (Lipinski definition) is 3. The third-order valence-corrected chi connectivity index (χ3v) is 5.24. The lowest BCUT2D eigenvalue weighted by molar-refractivity contribution is 0.224. The first kappa shape index (κ1) is 13.5. The Hall–Kier alpha value is -0.510. The summed E-state index contributed by atoms with van der Waals surface area (Å²) in [6, 6.07) is 10.6. The third kappa shape index (κ3) is 3.98. The van der Waals surface area contributed by atoms with Gasteiger partial charge in [0.2, 0.25) is 0 Å². The minimum absolute atomic E-state index is 0.715. The molecule has 19 heavy (non-hydrogen) atoms. The van der Waals surface area contributed by atoms with Crippen LogP contribution in [0.2, 0.25) is 0 Å². The van der Waals surface area contributed by atoms with Crippen molar-refractivity contribution in [2.24, 2.45) is 0 Å². The van der Waals surface area contributed by atoms with Gasteiger partial charge in [-0.3, -0.25) is 4.90 Å². The minimum Gasteiger partial charge on any atom is -0.310 e. The maximum atomic E-state index is 3.60. The molecule has 0 bridgehead atoms. The molecule has 3 heteroatoms. The van der Waals surface area contributed by atoms with Crippen LogP contribution < -0.4 is 5.32 Å². The molecular formula is C16H24N2S. The van der Waals surface area contributed by atoms with Crippen LogP contribution in [-0.2, 0) is 13.1 Å². The summed E-state index contributed by atoms with van der Waals surface area (Å²) in [4.78, 5) is 2.62. The summed E-state index contributed by atoms with van der Waals surface area (Å²) in [7, 11) is 0. The lowest BCUT2D eigenvalue weighted by Crippen LogP contribution is -2.39. The summed E-state index contributed by atoms with van der Waals surface area (Å²) in [5.41, 5.74) is 2.90. The average molecular weight is 276 g/mol. The second-order valence-electron chi connectivity index (χ2n) is 5.87. The molecule has 1 saturated heterocycles. The Morgan fingerprint density at radius 3 is 2.95 bits per heavy atom. The van der Waals surface area contributed by atoms with E-state index < -0.39 is 0 Å². The van der Waals surface area contributed by atoms with Crippen LogP contribution in [0.3, 0.4) is 0 Å². The molecule has 2 aliphatic rings. The smallest absolute Gasteiger partial charge is 0.0237 e. The number of hydrogen-bond donors (Lipinski definition) is 1. The lowest BCUT2D eigenvalue weighted by Gasteiger charge is -2.33. The van der Waals surface area contributed by atoms with Gasteiger partial charge in [0.25, 0.3) is 0 Å². The highest BCUT2D eigenvalue weighted by Crippen LogP contribution is 2.21. The number of nitrogens with zero attached hydrogens (tertiary/aromatic N) is 1. The maximum absolute atomic E-state index is 3.60. The number of rotatable bonds is 5. The van der Waals surface area contributed by atoms with E-state index >= 15 is 0 Å². The zero-order valence-corrected chi connectivity index (χ0v) is 12.6. The maximum Gasteiger partial charge on any atom is 0.0237 e. The van der Waals surface area contributed by atoms with E-state index in [4.69, 9.17) is 0 Å². The van der Waals surface area contributed by atoms with E-state index in [9.17, 15) is 0 Å². The van der Waals surface area contributed by atoms with E-state index in [0.29, 0.717) is 6.04 Å². The van der Waals surface area contributed by atoms with Gasteiger partial charge < -0.3 is 5.32 Å². The average Bonchev–Trinajstić information content (AvgIpc) is 3.24. The Morgan fingerprint density at radius 1 is 1.32 bits per heavy atom. The SMILES string of the molecule is CC1CSCCN1Cc1cccc(CNC2CC2)c1. The summed E-state index contributed by atoms with van der Waals surface area (Å²) < 4.78 is 0. The fraction of sp³-hybridized carbons (Fsp3) is 0.625. The highest BCUT2D eigenvalue weighted by atomic mass is 32.2. The molecule has 1 N–H and O–H groups in total. The highest BCUT2D eigenvalue weighted by Gasteiger charge is 2.20. The standard InChI is InChI=1S/C16H24N2S/c1-13-12-19-8-7-18(13)11-15-4-2-3-14(9-15)10-17-16-5-6-16/h2-4,9,13,16-17H,5-8,10-12H2,1H3. The molecule has 2 nitrogen and oxygen atoms in total. The van der Waals surface area contributed by atoms with Crippen LogP contribution in [0.15, 0.2) is 24.3 Å². The normalized spacial score (nSPS) is 24.6. The first-order chi connectivity index (χ1) is 9.31. The summed E-state index contributed by atoms with van der Waals surface area (Å²) in [5, 5.41) is 3.60. The second kappa shape index (κ2) is 6.29. The van der Waals surface area contributed by atoms with Crippen molar-refractivity contribution in [3.05, 3.63) is 35.4 Å². The van der Waals surface area contributed by atoms with Gasteiger partial charge in [0, 0.05) is 43.2 Å². The molecule has 104 valence electrons. The van der Waals surface area contributed by atoms with Gasteiger partial charge in [-0.1, -0.05) is 24.3 Å². The largest absolute Gasteiger partial charge is 0.310 e. The van der Waals surface area contributed by atoms with Crippen LogP contribution in [0.4, 0.5) is 0 Å². The van der Waals surface area contributed by atoms with Crippen molar-refractivity contribution in [1.82, 2.24) is 10.2 Å². The molecule has 0 aromatic heterocycles. The third-order valence-electron chi connectivity index (χ3n) is 4.05. The Balaban J connectivity index is 1.58. The van der Waals surface area contributed by atoms with Gasteiger partial charge in [0.05, 0.1) is 0 Å². The summed E-state index contributed by atoms with van der Waals surface area (Å²) in [6.45, 7) is 5.73. The van der Waals surface area contributed by atoms with Gasteiger partial charge in [-0.2, -0.15) is 11.8 Å². The van der Waals surface area contributed by atoms with Crippen molar-refractivity contribution in [2.45, 2.75) is 44.9 Å². The van der Waals surface area contributed by atoms with E-state index in [1.165, 1.54) is 42.0 Å². The molecule has 1 aliphatic carbocycles. The number of thioether (sulfide) groups is 1. The van der Waals surface area contributed by atoms with Gasteiger partial charge >= 0.3 is 0 Å². The van der Waals surface area contributed by atoms with Crippen molar-refractivity contribution in [3.8, 4) is 0 Å². The van der Waals surface area contributed by atoms with Gasteiger partial charge in [0.1, 0.15) is 0 Å². The van der Waals surface area contributed by atoms with E-state index in [1.54, 1.807) is 0 Å². The van der Waals surface area contributed by atoms with Crippen LogP contribution >= 0.6 is 11.8 Å². The minimum atomic E-state index is 0.715. The summed E-state index contributed by atoms with van der Waals surface area (Å²) >= 11 is 2.09. The molecule has 1 aliphatic heterocycles. The number of benzene rings is 1. The fourth-order valence-electron chi connectivity index (χ4n) is 2.62. The Morgan fingerprint density at radius 2 is 2.16 bits per heavy atom. The molecule has 1 saturated carbocycles. The van der Waals surface area contributed by atoms with Crippen molar-refractivity contribution < 1.29 is 0 Å². The van der Waals surface area contributed by atoms with Crippen LogP contribution in [0.25, 0.3) is 0 Å². The molecule has 0 radical (unpaired) electrons. The fourth-order valence-corrected chi connectivity index (χ4v) is 3.70. The highest BCUT2D eigenvalue weighted by molar-refractivity contribution is 7.99. The molecule has 0 amide bonds. The second-order valence-corrected chi connectivity index (χ2v) is 7.02. The molecule has 3 rings (SSSR count). The molecule has 1 aromatic carbocycles. The van der Waals surface area contributed by atoms with Gasteiger partial charge in [0.15, 0.2) is 0 Å². The molecule has 1 heterocycles. The molecule has 0 spiro atoms. The monoisotopic (exact) mass is 276 g/mol. The van der Waals surface area contributed by atoms with Crippen LogP contribution in [0.1, 0.15) is 30.9 Å². The summed E-state index contributed by atoms with van der Waals surface area (Å²) in [6.07, 6.45) is 2.73. The molecular weight excluding hydrogens is 252 g/mol. The zero-order valence-electron chi connectivity index (χ0n) is 11.8. The quantitative estimate of drug-likeness (QED) is 0.890. The Bertz CT molecular complexity index is 417. The Kier molecular flexibility index (Phi) is 4.46. The van der Waals surface area contributed by atoms with Crippen LogP contribution in [-0.4, -0.2) is 35.0 Å². The van der Waals surface area contributed by atoms with E-state index in [2.05, 4.69) is 53.2 Å². The first-order valence-corrected chi connectivity index (χ1v) is 8.60. The van der Waals surface area contributed by atoms with Crippen molar-refractivity contribution in [3.63, 3.8) is 0 Å². The molecule has 2 fully saturated rings. The number of nitrogens with one attached hydrogen (secondary N) is 1. The van der Waals surface area contributed by atoms with E-state index in [1.807, 2.05) is 0 Å². The Labute approximate surface area is 121 Å². The zero-order chi connectivity index (χ0) is 13.1. The topological polar surface area (TPSA) is 15.3 Å². The molecule has 1 atom stereocenters. The predicted octanol–water partition coefficient (Wildman–Crippen LogP) is 2.88. The summed E-state index contributed by atoms with van der Waals surface area (Å²) in [5.74, 6) is 2.57. The van der Waals surface area contributed by atoms with Crippen molar-refractivity contribution >= 4 is 11.8 Å². The molecule has 1 aromatic rings. The van der Waals surface area contributed by atoms with Gasteiger partial charge in [-0.25, -0.2) is 0 Å². The van der Waals surface area contributed by atoms with Crippen LogP contribution in [0, 0.1) is 0 Å².